The number of H-pyrrole nitrogens is 1. The molecule has 0 bridgehead atoms. The third kappa shape index (κ3) is 3.48. The molecule has 1 unspecified atom stereocenters. The number of aromatic amines is 1. The van der Waals surface area contributed by atoms with Crippen LogP contribution < -0.4 is 10.1 Å². The average Bonchev–Trinajstić information content (AvgIpc) is 3.26. The zero-order valence-corrected chi connectivity index (χ0v) is 12.9. The first-order valence-electron chi connectivity index (χ1n) is 7.52. The lowest BCUT2D eigenvalue weighted by molar-refractivity contribution is -0.274. The van der Waals surface area contributed by atoms with Gasteiger partial charge in [-0.2, -0.15) is 0 Å². The number of hydrogen-bond acceptors (Lipinski definition) is 3. The van der Waals surface area contributed by atoms with Crippen molar-refractivity contribution in [3.8, 4) is 5.75 Å². The molecule has 8 heteroatoms. The Labute approximate surface area is 135 Å². The Balaban J connectivity index is 1.81. The number of rotatable bonds is 5. The molecule has 3 rings (SSSR count). The van der Waals surface area contributed by atoms with Gasteiger partial charge < -0.3 is 20.1 Å². The largest absolute Gasteiger partial charge is 0.573 e. The van der Waals surface area contributed by atoms with E-state index in [0.717, 1.165) is 12.8 Å². The van der Waals surface area contributed by atoms with Gasteiger partial charge in [0.1, 0.15) is 11.4 Å². The predicted octanol–water partition coefficient (Wildman–Crippen LogP) is 2.96. The monoisotopic (exact) mass is 342 g/mol. The first-order valence-corrected chi connectivity index (χ1v) is 7.52. The van der Waals surface area contributed by atoms with E-state index < -0.39 is 17.8 Å². The molecule has 0 radical (unpaired) electrons. The molecule has 1 aromatic heterocycles. The SMILES string of the molecule is CC(CO)(NC(=O)c1cc2ccc(OC(F)(F)F)cc2[nH]1)C1CC1. The number of ether oxygens (including phenoxy) is 1. The number of alkyl halides is 3. The van der Waals surface area contributed by atoms with Crippen LogP contribution in [0.15, 0.2) is 24.3 Å². The number of aliphatic hydroxyl groups is 1. The maximum Gasteiger partial charge on any atom is 0.573 e. The van der Waals surface area contributed by atoms with Gasteiger partial charge in [-0.25, -0.2) is 0 Å². The molecule has 0 saturated heterocycles. The first kappa shape index (κ1) is 16.6. The lowest BCUT2D eigenvalue weighted by Gasteiger charge is -2.28. The Bertz CT molecular complexity index is 768. The summed E-state index contributed by atoms with van der Waals surface area (Å²) < 4.78 is 40.6. The minimum Gasteiger partial charge on any atom is -0.406 e. The number of aliphatic hydroxyl groups excluding tert-OH is 1. The van der Waals surface area contributed by atoms with Gasteiger partial charge in [0.25, 0.3) is 5.91 Å². The van der Waals surface area contributed by atoms with Crippen molar-refractivity contribution in [2.75, 3.05) is 6.61 Å². The summed E-state index contributed by atoms with van der Waals surface area (Å²) >= 11 is 0. The van der Waals surface area contributed by atoms with Gasteiger partial charge >= 0.3 is 6.36 Å². The zero-order chi connectivity index (χ0) is 17.5. The number of aromatic nitrogens is 1. The Morgan fingerprint density at radius 3 is 2.67 bits per heavy atom. The topological polar surface area (TPSA) is 74.3 Å². The number of benzene rings is 1. The number of carbonyl (C=O) groups excluding carboxylic acids is 1. The number of amides is 1. The van der Waals surface area contributed by atoms with E-state index in [2.05, 4.69) is 15.0 Å². The molecule has 1 aromatic carbocycles. The molecule has 130 valence electrons. The van der Waals surface area contributed by atoms with E-state index >= 15 is 0 Å². The molecule has 1 saturated carbocycles. The molecule has 1 heterocycles. The quantitative estimate of drug-likeness (QED) is 0.782. The van der Waals surface area contributed by atoms with Crippen LogP contribution in [-0.4, -0.2) is 34.5 Å². The smallest absolute Gasteiger partial charge is 0.406 e. The van der Waals surface area contributed by atoms with Gasteiger partial charge in [0.15, 0.2) is 0 Å². The van der Waals surface area contributed by atoms with Crippen LogP contribution in [0.3, 0.4) is 0 Å². The van der Waals surface area contributed by atoms with E-state index in [4.69, 9.17) is 0 Å². The third-order valence-corrected chi connectivity index (χ3v) is 4.28. The van der Waals surface area contributed by atoms with Crippen LogP contribution in [0.25, 0.3) is 10.9 Å². The van der Waals surface area contributed by atoms with E-state index in [1.807, 2.05) is 0 Å². The molecule has 1 atom stereocenters. The van der Waals surface area contributed by atoms with Crippen LogP contribution in [0.5, 0.6) is 5.75 Å². The Hall–Kier alpha value is -2.22. The normalized spacial score (nSPS) is 17.5. The molecule has 1 amide bonds. The van der Waals surface area contributed by atoms with Gasteiger partial charge in [-0.1, -0.05) is 0 Å². The molecule has 0 spiro atoms. The van der Waals surface area contributed by atoms with E-state index in [0.29, 0.717) is 10.9 Å². The van der Waals surface area contributed by atoms with Crippen molar-refractivity contribution in [1.29, 1.82) is 0 Å². The maximum absolute atomic E-state index is 12.4. The fraction of sp³-hybridized carbons (Fsp3) is 0.438. The lowest BCUT2D eigenvalue weighted by Crippen LogP contribution is -2.50. The van der Waals surface area contributed by atoms with Gasteiger partial charge in [0, 0.05) is 17.0 Å². The second-order valence-corrected chi connectivity index (χ2v) is 6.28. The number of carbonyl (C=O) groups is 1. The highest BCUT2D eigenvalue weighted by molar-refractivity contribution is 5.98. The van der Waals surface area contributed by atoms with Crippen LogP contribution in [0, 0.1) is 5.92 Å². The van der Waals surface area contributed by atoms with Crippen molar-refractivity contribution in [3.05, 3.63) is 30.0 Å². The van der Waals surface area contributed by atoms with Gasteiger partial charge in [-0.05, 0) is 43.9 Å². The second-order valence-electron chi connectivity index (χ2n) is 6.28. The van der Waals surface area contributed by atoms with E-state index in [1.165, 1.54) is 18.2 Å². The van der Waals surface area contributed by atoms with Crippen molar-refractivity contribution in [2.45, 2.75) is 31.7 Å². The molecule has 1 fully saturated rings. The van der Waals surface area contributed by atoms with Crippen LogP contribution >= 0.6 is 0 Å². The maximum atomic E-state index is 12.4. The Kier molecular flexibility index (Phi) is 3.95. The molecular formula is C16H17F3N2O3. The summed E-state index contributed by atoms with van der Waals surface area (Å²) in [5, 5.41) is 12.9. The predicted molar refractivity (Wildman–Crippen MR) is 80.7 cm³/mol. The average molecular weight is 342 g/mol. The van der Waals surface area contributed by atoms with Gasteiger partial charge in [-0.3, -0.25) is 4.79 Å². The van der Waals surface area contributed by atoms with Crippen molar-refractivity contribution in [1.82, 2.24) is 10.3 Å². The Morgan fingerprint density at radius 1 is 1.38 bits per heavy atom. The molecule has 24 heavy (non-hydrogen) atoms. The number of hydrogen-bond donors (Lipinski definition) is 3. The lowest BCUT2D eigenvalue weighted by atomic mass is 9.97. The van der Waals surface area contributed by atoms with Crippen LogP contribution in [0.2, 0.25) is 0 Å². The van der Waals surface area contributed by atoms with Crippen molar-refractivity contribution < 1.29 is 27.8 Å². The van der Waals surface area contributed by atoms with E-state index in [1.54, 1.807) is 13.0 Å². The number of fused-ring (bicyclic) bond motifs is 1. The fourth-order valence-electron chi connectivity index (χ4n) is 2.74. The summed E-state index contributed by atoms with van der Waals surface area (Å²) in [6.07, 6.45) is -2.88. The zero-order valence-electron chi connectivity index (χ0n) is 12.9. The minimum atomic E-state index is -4.77. The summed E-state index contributed by atoms with van der Waals surface area (Å²) in [4.78, 5) is 15.2. The Morgan fingerprint density at radius 2 is 2.08 bits per heavy atom. The molecule has 1 aliphatic carbocycles. The van der Waals surface area contributed by atoms with E-state index in [-0.39, 0.29) is 24.0 Å². The van der Waals surface area contributed by atoms with Gasteiger partial charge in [0.05, 0.1) is 12.1 Å². The first-order chi connectivity index (χ1) is 11.2. The summed E-state index contributed by atoms with van der Waals surface area (Å²) in [5.41, 5.74) is -0.118. The molecule has 2 aromatic rings. The highest BCUT2D eigenvalue weighted by Gasteiger charge is 2.42. The van der Waals surface area contributed by atoms with Crippen LogP contribution in [-0.2, 0) is 0 Å². The van der Waals surface area contributed by atoms with Crippen molar-refractivity contribution >= 4 is 16.8 Å². The fourth-order valence-corrected chi connectivity index (χ4v) is 2.74. The molecule has 1 aliphatic rings. The highest BCUT2D eigenvalue weighted by Crippen LogP contribution is 2.39. The second kappa shape index (κ2) is 5.70. The molecule has 5 nitrogen and oxygen atoms in total. The number of halogens is 3. The molecule has 0 aliphatic heterocycles. The molecular weight excluding hydrogens is 325 g/mol. The summed E-state index contributed by atoms with van der Waals surface area (Å²) in [6.45, 7) is 1.60. The van der Waals surface area contributed by atoms with Crippen LogP contribution in [0.4, 0.5) is 13.2 Å². The standard InChI is InChI=1S/C16H17F3N2O3/c1-15(8-22,10-3-4-10)21-14(23)13-6-9-2-5-11(7-12(9)20-13)24-16(17,18)19/h2,5-7,10,20,22H,3-4,8H2,1H3,(H,21,23). The summed E-state index contributed by atoms with van der Waals surface area (Å²) in [6, 6.07) is 5.36. The van der Waals surface area contributed by atoms with Crippen LogP contribution in [0.1, 0.15) is 30.3 Å². The van der Waals surface area contributed by atoms with Crippen molar-refractivity contribution in [2.24, 2.45) is 5.92 Å². The van der Waals surface area contributed by atoms with Crippen molar-refractivity contribution in [3.63, 3.8) is 0 Å². The number of nitrogens with one attached hydrogen (secondary N) is 2. The van der Waals surface area contributed by atoms with Gasteiger partial charge in [0.2, 0.25) is 0 Å². The summed E-state index contributed by atoms with van der Waals surface area (Å²) in [5.74, 6) is -0.530. The third-order valence-electron chi connectivity index (χ3n) is 4.28. The minimum absolute atomic E-state index is 0.173. The highest BCUT2D eigenvalue weighted by atomic mass is 19.4. The summed E-state index contributed by atoms with van der Waals surface area (Å²) in [7, 11) is 0. The molecule has 3 N–H and O–H groups in total. The van der Waals surface area contributed by atoms with Gasteiger partial charge in [-0.15, -0.1) is 13.2 Å². The van der Waals surface area contributed by atoms with E-state index in [9.17, 15) is 23.1 Å².